The molecule has 0 fully saturated rings. The van der Waals surface area contributed by atoms with E-state index in [4.69, 9.17) is 5.26 Å². The lowest BCUT2D eigenvalue weighted by atomic mass is 10.1. The lowest BCUT2D eigenvalue weighted by Crippen LogP contribution is -2.17. The van der Waals surface area contributed by atoms with Crippen molar-refractivity contribution in [2.75, 3.05) is 0 Å². The normalized spacial score (nSPS) is 12.0. The first-order chi connectivity index (χ1) is 8.29. The van der Waals surface area contributed by atoms with Gasteiger partial charge in [0.2, 0.25) is 0 Å². The van der Waals surface area contributed by atoms with Crippen LogP contribution in [0, 0.1) is 11.3 Å². The number of hydrogen-bond donors (Lipinski definition) is 1. The quantitative estimate of drug-likeness (QED) is 0.891. The second-order valence-corrected chi connectivity index (χ2v) is 4.91. The number of benzene rings is 1. The maximum absolute atomic E-state index is 8.82. The smallest absolute Gasteiger partial charge is 0.0991 e. The van der Waals surface area contributed by atoms with E-state index in [1.54, 1.807) is 11.3 Å². The van der Waals surface area contributed by atoms with Crippen molar-refractivity contribution in [3.05, 3.63) is 57.8 Å². The number of nitrogens with one attached hydrogen (secondary N) is 1. The molecular weight excluding hydrogens is 228 g/mol. The summed E-state index contributed by atoms with van der Waals surface area (Å²) >= 11 is 1.76. The van der Waals surface area contributed by atoms with E-state index in [9.17, 15) is 0 Å². The van der Waals surface area contributed by atoms with Crippen LogP contribution in [0.15, 0.2) is 41.8 Å². The fraction of sp³-hybridized carbons (Fsp3) is 0.214. The summed E-state index contributed by atoms with van der Waals surface area (Å²) in [5, 5.41) is 14.4. The Hall–Kier alpha value is -1.63. The van der Waals surface area contributed by atoms with Crippen LogP contribution < -0.4 is 5.32 Å². The van der Waals surface area contributed by atoms with Gasteiger partial charge in [0.05, 0.1) is 11.6 Å². The Bertz CT molecular complexity index is 511. The van der Waals surface area contributed by atoms with Crippen molar-refractivity contribution in [1.29, 1.82) is 5.26 Å². The second-order valence-electron chi connectivity index (χ2n) is 3.93. The van der Waals surface area contributed by atoms with Crippen molar-refractivity contribution in [2.24, 2.45) is 0 Å². The van der Waals surface area contributed by atoms with Gasteiger partial charge in [-0.1, -0.05) is 18.2 Å². The Morgan fingerprint density at radius 2 is 2.24 bits per heavy atom. The van der Waals surface area contributed by atoms with Gasteiger partial charge in [-0.2, -0.15) is 5.26 Å². The summed E-state index contributed by atoms with van der Waals surface area (Å²) in [4.78, 5) is 1.33. The van der Waals surface area contributed by atoms with Crippen molar-refractivity contribution in [2.45, 2.75) is 19.5 Å². The molecule has 1 aromatic carbocycles. The Morgan fingerprint density at radius 1 is 1.35 bits per heavy atom. The predicted octanol–water partition coefficient (Wildman–Crippen LogP) is 3.47. The van der Waals surface area contributed by atoms with Crippen molar-refractivity contribution in [3.63, 3.8) is 0 Å². The molecular formula is C14H14N2S. The van der Waals surface area contributed by atoms with E-state index in [-0.39, 0.29) is 0 Å². The molecule has 17 heavy (non-hydrogen) atoms. The van der Waals surface area contributed by atoms with Crippen molar-refractivity contribution in [1.82, 2.24) is 5.32 Å². The minimum absolute atomic E-state index is 0.348. The summed E-state index contributed by atoms with van der Waals surface area (Å²) in [5.41, 5.74) is 1.86. The van der Waals surface area contributed by atoms with Crippen LogP contribution in [0.4, 0.5) is 0 Å². The highest BCUT2D eigenvalue weighted by Crippen LogP contribution is 2.18. The maximum Gasteiger partial charge on any atom is 0.0991 e. The highest BCUT2D eigenvalue weighted by Gasteiger charge is 2.05. The zero-order valence-corrected chi connectivity index (χ0v) is 10.5. The monoisotopic (exact) mass is 242 g/mol. The summed E-state index contributed by atoms with van der Waals surface area (Å²) in [6.45, 7) is 2.94. The molecule has 1 N–H and O–H groups in total. The molecule has 1 aromatic heterocycles. The molecule has 2 aromatic rings. The van der Waals surface area contributed by atoms with Crippen molar-refractivity contribution < 1.29 is 0 Å². The first-order valence-electron chi connectivity index (χ1n) is 5.55. The molecule has 0 bridgehead atoms. The van der Waals surface area contributed by atoms with Crippen molar-refractivity contribution >= 4 is 11.3 Å². The highest BCUT2D eigenvalue weighted by molar-refractivity contribution is 7.10. The summed E-state index contributed by atoms with van der Waals surface area (Å²) in [6.07, 6.45) is 0. The molecule has 1 unspecified atom stereocenters. The third kappa shape index (κ3) is 3.16. The van der Waals surface area contributed by atoms with E-state index >= 15 is 0 Å². The number of nitriles is 1. The first-order valence-corrected chi connectivity index (χ1v) is 6.43. The zero-order chi connectivity index (χ0) is 12.1. The third-order valence-electron chi connectivity index (χ3n) is 2.64. The molecule has 2 nitrogen and oxygen atoms in total. The van der Waals surface area contributed by atoms with E-state index in [0.29, 0.717) is 11.6 Å². The number of rotatable bonds is 4. The van der Waals surface area contributed by atoms with Gasteiger partial charge in [0.25, 0.3) is 0 Å². The van der Waals surface area contributed by atoms with E-state index in [1.807, 2.05) is 24.3 Å². The number of thiophene rings is 1. The van der Waals surface area contributed by atoms with E-state index in [1.165, 1.54) is 4.88 Å². The van der Waals surface area contributed by atoms with Crippen LogP contribution in [0.5, 0.6) is 0 Å². The molecule has 0 radical (unpaired) electrons. The summed E-state index contributed by atoms with van der Waals surface area (Å²) < 4.78 is 0. The van der Waals surface area contributed by atoms with Crippen LogP contribution in [0.25, 0.3) is 0 Å². The van der Waals surface area contributed by atoms with Gasteiger partial charge in [0, 0.05) is 17.5 Å². The lowest BCUT2D eigenvalue weighted by molar-refractivity contribution is 0.583. The first kappa shape index (κ1) is 11.8. The Morgan fingerprint density at radius 3 is 2.94 bits per heavy atom. The third-order valence-corrected chi connectivity index (χ3v) is 3.69. The van der Waals surface area contributed by atoms with Crippen LogP contribution in [0.2, 0.25) is 0 Å². The maximum atomic E-state index is 8.82. The van der Waals surface area contributed by atoms with Gasteiger partial charge in [-0.3, -0.25) is 0 Å². The molecule has 1 heterocycles. The molecule has 0 spiro atoms. The largest absolute Gasteiger partial charge is 0.305 e. The van der Waals surface area contributed by atoms with Crippen LogP contribution in [-0.2, 0) is 6.54 Å². The minimum atomic E-state index is 0.348. The van der Waals surface area contributed by atoms with E-state index < -0.39 is 0 Å². The molecule has 0 aliphatic carbocycles. The molecule has 0 saturated heterocycles. The van der Waals surface area contributed by atoms with Crippen LogP contribution in [0.1, 0.15) is 29.0 Å². The van der Waals surface area contributed by atoms with Crippen molar-refractivity contribution in [3.8, 4) is 6.07 Å². The van der Waals surface area contributed by atoms with Crippen LogP contribution in [0.3, 0.4) is 0 Å². The highest BCUT2D eigenvalue weighted by atomic mass is 32.1. The minimum Gasteiger partial charge on any atom is -0.305 e. The van der Waals surface area contributed by atoms with Gasteiger partial charge in [-0.25, -0.2) is 0 Å². The SMILES string of the molecule is CC(NCc1cccc(C#N)c1)c1cccs1. The average molecular weight is 242 g/mol. The number of nitrogens with zero attached hydrogens (tertiary/aromatic N) is 1. The molecule has 0 aliphatic heterocycles. The molecule has 86 valence electrons. The summed E-state index contributed by atoms with van der Waals surface area (Å²) in [7, 11) is 0. The van der Waals surface area contributed by atoms with E-state index in [0.717, 1.165) is 12.1 Å². The summed E-state index contributed by atoms with van der Waals surface area (Å²) in [5.74, 6) is 0. The molecule has 0 aliphatic rings. The topological polar surface area (TPSA) is 35.8 Å². The van der Waals surface area contributed by atoms with Gasteiger partial charge in [0.1, 0.15) is 0 Å². The van der Waals surface area contributed by atoms with Gasteiger partial charge >= 0.3 is 0 Å². The Labute approximate surface area is 106 Å². The lowest BCUT2D eigenvalue weighted by Gasteiger charge is -2.12. The fourth-order valence-electron chi connectivity index (χ4n) is 1.66. The Kier molecular flexibility index (Phi) is 3.92. The van der Waals surface area contributed by atoms with Crippen LogP contribution in [-0.4, -0.2) is 0 Å². The summed E-state index contributed by atoms with van der Waals surface area (Å²) in [6, 6.07) is 14.4. The van der Waals surface area contributed by atoms with Gasteiger partial charge in [-0.05, 0) is 36.1 Å². The van der Waals surface area contributed by atoms with Gasteiger partial charge in [-0.15, -0.1) is 11.3 Å². The second kappa shape index (κ2) is 5.62. The standard InChI is InChI=1S/C14H14N2S/c1-11(14-6-3-7-17-14)16-10-13-5-2-4-12(8-13)9-15/h2-8,11,16H,10H2,1H3. The van der Waals surface area contributed by atoms with E-state index in [2.05, 4.69) is 35.8 Å². The Balaban J connectivity index is 1.96. The van der Waals surface area contributed by atoms with Gasteiger partial charge < -0.3 is 5.32 Å². The number of hydrogen-bond acceptors (Lipinski definition) is 3. The van der Waals surface area contributed by atoms with Gasteiger partial charge in [0.15, 0.2) is 0 Å². The molecule has 0 amide bonds. The average Bonchev–Trinajstić information content (AvgIpc) is 2.90. The molecule has 1 atom stereocenters. The fourth-order valence-corrected chi connectivity index (χ4v) is 2.42. The zero-order valence-electron chi connectivity index (χ0n) is 9.68. The molecule has 2 rings (SSSR count). The molecule has 0 saturated carbocycles. The predicted molar refractivity (Wildman–Crippen MR) is 70.7 cm³/mol. The molecule has 3 heteroatoms. The van der Waals surface area contributed by atoms with Crippen LogP contribution >= 0.6 is 11.3 Å².